The van der Waals surface area contributed by atoms with E-state index in [-0.39, 0.29) is 12.0 Å². The average Bonchev–Trinajstić information content (AvgIpc) is 3.33. The zero-order chi connectivity index (χ0) is 18.2. The van der Waals surface area contributed by atoms with E-state index in [9.17, 15) is 5.11 Å². The molecule has 1 aromatic carbocycles. The van der Waals surface area contributed by atoms with Gasteiger partial charge in [0.1, 0.15) is 0 Å². The number of benzene rings is 1. The van der Waals surface area contributed by atoms with Crippen LogP contribution < -0.4 is 10.6 Å². The molecule has 1 fully saturated rings. The fourth-order valence-corrected chi connectivity index (χ4v) is 3.16. The number of aliphatic hydroxyl groups excluding tert-OH is 1. The van der Waals surface area contributed by atoms with Crippen LogP contribution in [0.15, 0.2) is 47.7 Å². The number of aliphatic imine (C=N–C) groups is 1. The molecule has 3 N–H and O–H groups in total. The Bertz CT molecular complexity index is 708. The van der Waals surface area contributed by atoms with Crippen LogP contribution in [0.5, 0.6) is 0 Å². The van der Waals surface area contributed by atoms with E-state index in [4.69, 9.17) is 4.74 Å². The molecule has 1 aliphatic heterocycles. The van der Waals surface area contributed by atoms with Gasteiger partial charge in [0, 0.05) is 50.5 Å². The van der Waals surface area contributed by atoms with Gasteiger partial charge in [0.05, 0.1) is 18.5 Å². The van der Waals surface area contributed by atoms with Crippen LogP contribution in [-0.2, 0) is 11.3 Å². The number of guanidine groups is 1. The molecule has 0 saturated carbocycles. The molecule has 1 saturated heterocycles. The molecule has 0 spiro atoms. The van der Waals surface area contributed by atoms with Crippen LogP contribution in [0.1, 0.15) is 18.4 Å². The zero-order valence-corrected chi connectivity index (χ0v) is 15.2. The third kappa shape index (κ3) is 4.62. The van der Waals surface area contributed by atoms with Crippen molar-refractivity contribution >= 4 is 5.96 Å². The number of hydrogen-bond donors (Lipinski definition) is 3. The van der Waals surface area contributed by atoms with Crippen molar-refractivity contribution in [2.24, 2.45) is 10.4 Å². The first-order valence-corrected chi connectivity index (χ1v) is 8.97. The molecule has 2 heterocycles. The third-order valence-electron chi connectivity index (χ3n) is 4.80. The normalized spacial score (nSPS) is 20.3. The summed E-state index contributed by atoms with van der Waals surface area (Å²) in [7, 11) is 1.76. The standard InChI is InChI=1S/C19H27N5O2/c1-20-18(22-14-19(7-9-25)8-10-26-15-19)21-11-16-12-23-24(13-16)17-5-3-2-4-6-17/h2-6,12-13,25H,7-11,14-15H2,1H3,(H2,20,21,22). The van der Waals surface area contributed by atoms with Gasteiger partial charge in [-0.15, -0.1) is 0 Å². The first-order chi connectivity index (χ1) is 12.7. The minimum absolute atomic E-state index is 0.00936. The quantitative estimate of drug-likeness (QED) is 0.514. The van der Waals surface area contributed by atoms with E-state index in [1.807, 2.05) is 47.4 Å². The van der Waals surface area contributed by atoms with E-state index < -0.39 is 0 Å². The summed E-state index contributed by atoms with van der Waals surface area (Å²) >= 11 is 0. The van der Waals surface area contributed by atoms with E-state index in [0.717, 1.165) is 43.2 Å². The molecular weight excluding hydrogens is 330 g/mol. The SMILES string of the molecule is CN=C(NCc1cnn(-c2ccccc2)c1)NCC1(CCO)CCOC1. The summed E-state index contributed by atoms with van der Waals surface area (Å²) in [5.41, 5.74) is 2.10. The summed E-state index contributed by atoms with van der Waals surface area (Å²) in [5.74, 6) is 0.738. The Balaban J connectivity index is 1.52. The molecule has 0 bridgehead atoms. The number of aliphatic hydroxyl groups is 1. The summed E-state index contributed by atoms with van der Waals surface area (Å²) in [5, 5.41) is 20.4. The minimum atomic E-state index is -0.00936. The van der Waals surface area contributed by atoms with Crippen molar-refractivity contribution in [2.75, 3.05) is 33.4 Å². The van der Waals surface area contributed by atoms with Crippen molar-refractivity contribution in [1.29, 1.82) is 0 Å². The van der Waals surface area contributed by atoms with Crippen LogP contribution in [0.3, 0.4) is 0 Å². The second-order valence-corrected chi connectivity index (χ2v) is 6.68. The van der Waals surface area contributed by atoms with Crippen LogP contribution >= 0.6 is 0 Å². The summed E-state index contributed by atoms with van der Waals surface area (Å²) in [4.78, 5) is 4.28. The molecule has 1 atom stereocenters. The van der Waals surface area contributed by atoms with E-state index in [0.29, 0.717) is 13.2 Å². The molecule has 0 amide bonds. The monoisotopic (exact) mass is 357 g/mol. The van der Waals surface area contributed by atoms with Gasteiger partial charge in [0.2, 0.25) is 0 Å². The molecule has 1 aliphatic rings. The van der Waals surface area contributed by atoms with Gasteiger partial charge in [-0.2, -0.15) is 5.10 Å². The Morgan fingerprint density at radius 1 is 1.35 bits per heavy atom. The predicted octanol–water partition coefficient (Wildman–Crippen LogP) is 1.33. The van der Waals surface area contributed by atoms with Gasteiger partial charge >= 0.3 is 0 Å². The van der Waals surface area contributed by atoms with Crippen LogP contribution in [0.2, 0.25) is 0 Å². The number of nitrogens with one attached hydrogen (secondary N) is 2. The highest BCUT2D eigenvalue weighted by molar-refractivity contribution is 5.79. The molecule has 3 rings (SSSR count). The van der Waals surface area contributed by atoms with Crippen molar-refractivity contribution in [3.63, 3.8) is 0 Å². The van der Waals surface area contributed by atoms with Gasteiger partial charge in [-0.05, 0) is 25.0 Å². The molecule has 140 valence electrons. The highest BCUT2D eigenvalue weighted by Crippen LogP contribution is 2.31. The number of para-hydroxylation sites is 1. The Morgan fingerprint density at radius 2 is 2.19 bits per heavy atom. The Morgan fingerprint density at radius 3 is 2.88 bits per heavy atom. The Hall–Kier alpha value is -2.38. The second-order valence-electron chi connectivity index (χ2n) is 6.68. The highest BCUT2D eigenvalue weighted by Gasteiger charge is 2.34. The van der Waals surface area contributed by atoms with Crippen LogP contribution in [0.4, 0.5) is 0 Å². The summed E-state index contributed by atoms with van der Waals surface area (Å²) in [6, 6.07) is 10.0. The van der Waals surface area contributed by atoms with Crippen LogP contribution in [-0.4, -0.2) is 54.3 Å². The van der Waals surface area contributed by atoms with E-state index in [1.165, 1.54) is 0 Å². The summed E-state index contributed by atoms with van der Waals surface area (Å²) < 4.78 is 7.39. The lowest BCUT2D eigenvalue weighted by molar-refractivity contribution is 0.127. The molecule has 0 radical (unpaired) electrons. The number of nitrogens with zero attached hydrogens (tertiary/aromatic N) is 3. The third-order valence-corrected chi connectivity index (χ3v) is 4.80. The zero-order valence-electron chi connectivity index (χ0n) is 15.2. The molecule has 1 aromatic heterocycles. The first-order valence-electron chi connectivity index (χ1n) is 8.97. The largest absolute Gasteiger partial charge is 0.396 e. The van der Waals surface area contributed by atoms with Gasteiger partial charge in [-0.1, -0.05) is 18.2 Å². The topological polar surface area (TPSA) is 83.7 Å². The number of ether oxygens (including phenoxy) is 1. The lowest BCUT2D eigenvalue weighted by atomic mass is 9.84. The van der Waals surface area contributed by atoms with Gasteiger partial charge in [0.15, 0.2) is 5.96 Å². The average molecular weight is 357 g/mol. The molecule has 0 aliphatic carbocycles. The Kier molecular flexibility index (Phi) is 6.25. The fourth-order valence-electron chi connectivity index (χ4n) is 3.16. The number of hydrogen-bond acceptors (Lipinski definition) is 4. The van der Waals surface area contributed by atoms with Crippen molar-refractivity contribution in [3.8, 4) is 5.69 Å². The molecule has 7 heteroatoms. The summed E-state index contributed by atoms with van der Waals surface area (Å²) in [6.07, 6.45) is 5.56. The van der Waals surface area contributed by atoms with Gasteiger partial charge in [-0.3, -0.25) is 4.99 Å². The maximum absolute atomic E-state index is 9.32. The van der Waals surface area contributed by atoms with Gasteiger partial charge in [-0.25, -0.2) is 4.68 Å². The molecule has 1 unspecified atom stereocenters. The van der Waals surface area contributed by atoms with E-state index in [2.05, 4.69) is 20.7 Å². The van der Waals surface area contributed by atoms with E-state index in [1.54, 1.807) is 7.05 Å². The van der Waals surface area contributed by atoms with Crippen molar-refractivity contribution < 1.29 is 9.84 Å². The maximum Gasteiger partial charge on any atom is 0.191 e. The van der Waals surface area contributed by atoms with Crippen molar-refractivity contribution in [2.45, 2.75) is 19.4 Å². The molecule has 26 heavy (non-hydrogen) atoms. The summed E-state index contributed by atoms with van der Waals surface area (Å²) in [6.45, 7) is 2.98. The second kappa shape index (κ2) is 8.82. The minimum Gasteiger partial charge on any atom is -0.396 e. The maximum atomic E-state index is 9.32. The van der Waals surface area contributed by atoms with Crippen LogP contribution in [0, 0.1) is 5.41 Å². The highest BCUT2D eigenvalue weighted by atomic mass is 16.5. The van der Waals surface area contributed by atoms with Gasteiger partial charge < -0.3 is 20.5 Å². The molecule has 7 nitrogen and oxygen atoms in total. The lowest BCUT2D eigenvalue weighted by Crippen LogP contribution is -2.44. The Labute approximate surface area is 154 Å². The fraction of sp³-hybridized carbons (Fsp3) is 0.474. The first kappa shape index (κ1) is 18.4. The van der Waals surface area contributed by atoms with Crippen LogP contribution in [0.25, 0.3) is 5.69 Å². The number of rotatable bonds is 7. The molecule has 2 aromatic rings. The van der Waals surface area contributed by atoms with E-state index >= 15 is 0 Å². The molecular formula is C19H27N5O2. The van der Waals surface area contributed by atoms with Crippen molar-refractivity contribution in [3.05, 3.63) is 48.3 Å². The van der Waals surface area contributed by atoms with Crippen molar-refractivity contribution in [1.82, 2.24) is 20.4 Å². The predicted molar refractivity (Wildman–Crippen MR) is 101 cm³/mol. The van der Waals surface area contributed by atoms with Gasteiger partial charge in [0.25, 0.3) is 0 Å². The smallest absolute Gasteiger partial charge is 0.191 e. The number of aromatic nitrogens is 2. The lowest BCUT2D eigenvalue weighted by Gasteiger charge is -2.27.